The fourth-order valence-corrected chi connectivity index (χ4v) is 7.28. The van der Waals surface area contributed by atoms with Crippen LogP contribution in [0.25, 0.3) is 0 Å². The van der Waals surface area contributed by atoms with Gasteiger partial charge < -0.3 is 4.79 Å². The van der Waals surface area contributed by atoms with E-state index in [2.05, 4.69) is 0 Å². The van der Waals surface area contributed by atoms with Gasteiger partial charge in [-0.3, -0.25) is 0 Å². The summed E-state index contributed by atoms with van der Waals surface area (Å²) in [5.41, 5.74) is 0. The smallest absolute Gasteiger partial charge is 0.195 e. The largest absolute Gasteiger partial charge is 0.303 e. The third-order valence-electron chi connectivity index (χ3n) is 4.33. The molecule has 2 aromatic rings. The minimum absolute atomic E-state index is 0.0714. The first kappa shape index (κ1) is 20.3. The molecule has 140 valence electrons. The number of sulfone groups is 2. The van der Waals surface area contributed by atoms with Gasteiger partial charge >= 0.3 is 0 Å². The summed E-state index contributed by atoms with van der Waals surface area (Å²) in [6.45, 7) is 3.53. The van der Waals surface area contributed by atoms with Gasteiger partial charge in [-0.1, -0.05) is 50.2 Å². The van der Waals surface area contributed by atoms with Crippen molar-refractivity contribution in [3.05, 3.63) is 60.7 Å². The molecule has 1 atom stereocenters. The molecule has 0 aliphatic carbocycles. The number of aldehydes is 1. The fraction of sp³-hybridized carbons (Fsp3) is 0.316. The minimum Gasteiger partial charge on any atom is -0.303 e. The van der Waals surface area contributed by atoms with Crippen molar-refractivity contribution in [1.29, 1.82) is 0 Å². The van der Waals surface area contributed by atoms with Crippen LogP contribution < -0.4 is 0 Å². The topological polar surface area (TPSA) is 85.3 Å². The normalized spacial score (nSPS) is 13.7. The maximum atomic E-state index is 13.1. The molecule has 0 saturated heterocycles. The molecule has 2 rings (SSSR count). The van der Waals surface area contributed by atoms with Gasteiger partial charge in [0.25, 0.3) is 0 Å². The number of hydrogen-bond acceptors (Lipinski definition) is 5. The Balaban J connectivity index is 2.62. The predicted molar refractivity (Wildman–Crippen MR) is 100 cm³/mol. The number of benzene rings is 2. The molecule has 0 fully saturated rings. The van der Waals surface area contributed by atoms with E-state index in [1.165, 1.54) is 24.3 Å². The van der Waals surface area contributed by atoms with Gasteiger partial charge in [-0.05, 0) is 36.6 Å². The van der Waals surface area contributed by atoms with E-state index in [4.69, 9.17) is 0 Å². The van der Waals surface area contributed by atoms with Gasteiger partial charge in [-0.2, -0.15) is 0 Å². The third kappa shape index (κ3) is 4.22. The Kier molecular flexibility index (Phi) is 6.36. The van der Waals surface area contributed by atoms with Gasteiger partial charge in [0.05, 0.1) is 9.79 Å². The van der Waals surface area contributed by atoms with Crippen LogP contribution in [0.15, 0.2) is 70.5 Å². The van der Waals surface area contributed by atoms with Crippen LogP contribution >= 0.6 is 0 Å². The van der Waals surface area contributed by atoms with E-state index in [9.17, 15) is 21.6 Å². The Morgan fingerprint density at radius 2 is 1.15 bits per heavy atom. The average molecular weight is 395 g/mol. The Labute approximate surface area is 154 Å². The summed E-state index contributed by atoms with van der Waals surface area (Å²) in [6.07, 6.45) is 0.355. The van der Waals surface area contributed by atoms with E-state index in [-0.39, 0.29) is 22.1 Å². The van der Waals surface area contributed by atoms with Crippen molar-refractivity contribution >= 4 is 26.0 Å². The summed E-state index contributed by atoms with van der Waals surface area (Å²) >= 11 is 0. The molecule has 0 amide bonds. The molecule has 7 heteroatoms. The zero-order valence-corrected chi connectivity index (χ0v) is 16.3. The molecule has 2 aromatic carbocycles. The number of rotatable bonds is 8. The van der Waals surface area contributed by atoms with E-state index in [1.807, 2.05) is 0 Å². The number of hydrogen-bond donors (Lipinski definition) is 0. The lowest BCUT2D eigenvalue weighted by molar-refractivity contribution is -0.112. The second kappa shape index (κ2) is 8.14. The summed E-state index contributed by atoms with van der Waals surface area (Å²) in [5, 5.41) is 0. The summed E-state index contributed by atoms with van der Waals surface area (Å²) in [6, 6.07) is 14.9. The van der Waals surface area contributed by atoms with Gasteiger partial charge in [0.15, 0.2) is 24.3 Å². The van der Waals surface area contributed by atoms with Gasteiger partial charge in [-0.15, -0.1) is 0 Å². The highest BCUT2D eigenvalue weighted by molar-refractivity contribution is 8.09. The van der Waals surface area contributed by atoms with Gasteiger partial charge in [0.2, 0.25) is 0 Å². The van der Waals surface area contributed by atoms with Crippen LogP contribution in [0.1, 0.15) is 20.3 Å². The van der Waals surface area contributed by atoms with E-state index < -0.39 is 30.2 Å². The molecule has 0 unspecified atom stereocenters. The maximum Gasteiger partial charge on any atom is 0.195 e. The first-order valence-corrected chi connectivity index (χ1v) is 11.3. The van der Waals surface area contributed by atoms with Crippen LogP contribution in [-0.4, -0.2) is 27.7 Å². The van der Waals surface area contributed by atoms with E-state index in [0.717, 1.165) is 0 Å². The molecule has 0 saturated carbocycles. The summed E-state index contributed by atoms with van der Waals surface area (Å²) in [4.78, 5) is 11.3. The number of carbonyl (C=O) groups excluding carboxylic acids is 1. The monoisotopic (exact) mass is 394 g/mol. The van der Waals surface area contributed by atoms with Crippen molar-refractivity contribution in [3.8, 4) is 0 Å². The molecule has 0 heterocycles. The molecule has 0 aromatic heterocycles. The lowest BCUT2D eigenvalue weighted by atomic mass is 9.95. The molecule has 5 nitrogen and oxygen atoms in total. The molecule has 0 N–H and O–H groups in total. The Morgan fingerprint density at radius 1 is 0.769 bits per heavy atom. The van der Waals surface area contributed by atoms with Gasteiger partial charge in [0, 0.05) is 5.92 Å². The van der Waals surface area contributed by atoms with Crippen LogP contribution in [0.4, 0.5) is 0 Å². The molecular weight excluding hydrogens is 372 g/mol. The maximum absolute atomic E-state index is 13.1. The Bertz CT molecular complexity index is 864. The molecule has 26 heavy (non-hydrogen) atoms. The molecule has 0 aliphatic rings. The molecule has 0 aliphatic heterocycles. The lowest BCUT2D eigenvalue weighted by Crippen LogP contribution is -2.34. The van der Waals surface area contributed by atoms with Crippen molar-refractivity contribution in [2.75, 3.05) is 0 Å². The van der Waals surface area contributed by atoms with Crippen LogP contribution in [0.5, 0.6) is 0 Å². The molecule has 0 radical (unpaired) electrons. The van der Waals surface area contributed by atoms with Crippen molar-refractivity contribution in [3.63, 3.8) is 0 Å². The fourth-order valence-electron chi connectivity index (χ4n) is 2.65. The highest BCUT2D eigenvalue weighted by Crippen LogP contribution is 2.31. The van der Waals surface area contributed by atoms with Crippen LogP contribution in [0.3, 0.4) is 0 Å². The zero-order valence-electron chi connectivity index (χ0n) is 14.6. The molecule has 0 spiro atoms. The third-order valence-corrected chi connectivity index (χ3v) is 9.48. The van der Waals surface area contributed by atoms with Crippen LogP contribution in [0, 0.1) is 11.8 Å². The first-order valence-electron chi connectivity index (χ1n) is 8.24. The standard InChI is InChI=1S/C19H22O5S2/c1-15(2)16(14-20)13-19(25(21,22)17-9-5-3-6-10-17)26(23,24)18-11-7-4-8-12-18/h3-12,14-16,19H,13H2,1-2H3/t16-/m0/s1. The van der Waals surface area contributed by atoms with E-state index >= 15 is 0 Å². The molecular formula is C19H22O5S2. The van der Waals surface area contributed by atoms with Crippen molar-refractivity contribution in [2.24, 2.45) is 11.8 Å². The average Bonchev–Trinajstić information content (AvgIpc) is 2.63. The zero-order chi connectivity index (χ0) is 19.4. The predicted octanol–water partition coefficient (Wildman–Crippen LogP) is 3.12. The van der Waals surface area contributed by atoms with Gasteiger partial charge in [0.1, 0.15) is 6.29 Å². The second-order valence-corrected chi connectivity index (χ2v) is 11.0. The van der Waals surface area contributed by atoms with Crippen molar-refractivity contribution < 1.29 is 21.6 Å². The van der Waals surface area contributed by atoms with Crippen molar-refractivity contribution in [2.45, 2.75) is 34.6 Å². The Morgan fingerprint density at radius 3 is 1.46 bits per heavy atom. The van der Waals surface area contributed by atoms with Crippen LogP contribution in [-0.2, 0) is 24.5 Å². The van der Waals surface area contributed by atoms with Crippen molar-refractivity contribution in [1.82, 2.24) is 0 Å². The first-order chi connectivity index (χ1) is 12.2. The van der Waals surface area contributed by atoms with E-state index in [1.54, 1.807) is 50.2 Å². The lowest BCUT2D eigenvalue weighted by Gasteiger charge is -2.23. The highest BCUT2D eigenvalue weighted by atomic mass is 32.3. The van der Waals surface area contributed by atoms with E-state index in [0.29, 0.717) is 6.29 Å². The summed E-state index contributed by atoms with van der Waals surface area (Å²) < 4.78 is 50.8. The SMILES string of the molecule is CC(C)[C@H](C=O)CC(S(=O)(=O)c1ccccc1)S(=O)(=O)c1ccccc1. The minimum atomic E-state index is -4.19. The molecule has 0 bridgehead atoms. The summed E-state index contributed by atoms with van der Waals surface area (Å²) in [5.74, 6) is -0.857. The van der Waals surface area contributed by atoms with Crippen LogP contribution in [0.2, 0.25) is 0 Å². The quantitative estimate of drug-likeness (QED) is 0.642. The highest BCUT2D eigenvalue weighted by Gasteiger charge is 2.41. The summed E-state index contributed by atoms with van der Waals surface area (Å²) in [7, 11) is -8.38. The number of carbonyl (C=O) groups is 1. The van der Waals surface area contributed by atoms with Gasteiger partial charge in [-0.25, -0.2) is 16.8 Å². The second-order valence-electron chi connectivity index (χ2n) is 6.43. The Hall–Kier alpha value is -1.99.